The van der Waals surface area contributed by atoms with E-state index in [2.05, 4.69) is 4.74 Å². The van der Waals surface area contributed by atoms with Gasteiger partial charge in [0.25, 0.3) is 0 Å². The van der Waals surface area contributed by atoms with Crippen LogP contribution in [0.15, 0.2) is 24.3 Å². The molecule has 0 amide bonds. The predicted molar refractivity (Wildman–Crippen MR) is 59.6 cm³/mol. The monoisotopic (exact) mass is 244 g/mol. The largest absolute Gasteiger partial charge is 0.497 e. The van der Waals surface area contributed by atoms with Gasteiger partial charge >= 0.3 is 5.97 Å². The second kappa shape index (κ2) is 5.72. The Hall–Kier alpha value is -1.26. The highest BCUT2D eigenvalue weighted by Gasteiger charge is 2.26. The molecule has 4 nitrogen and oxygen atoms in total. The van der Waals surface area contributed by atoms with Crippen LogP contribution in [-0.4, -0.2) is 30.7 Å². The molecule has 0 bridgehead atoms. The fraction of sp³-hybridized carbons (Fsp3) is 0.364. The van der Waals surface area contributed by atoms with Gasteiger partial charge in [-0.15, -0.1) is 11.6 Å². The van der Waals surface area contributed by atoms with E-state index in [1.807, 2.05) is 0 Å². The van der Waals surface area contributed by atoms with Crippen molar-refractivity contribution in [2.45, 2.75) is 11.5 Å². The summed E-state index contributed by atoms with van der Waals surface area (Å²) in [6, 6.07) is 6.64. The summed E-state index contributed by atoms with van der Waals surface area (Å²) in [4.78, 5) is 11.1. The van der Waals surface area contributed by atoms with Crippen molar-refractivity contribution in [3.05, 3.63) is 29.8 Å². The second-order valence-corrected chi connectivity index (χ2v) is 3.61. The fourth-order valence-corrected chi connectivity index (χ4v) is 1.45. The number of hydrogen-bond donors (Lipinski definition) is 1. The van der Waals surface area contributed by atoms with Crippen molar-refractivity contribution in [2.75, 3.05) is 14.2 Å². The third-order valence-electron chi connectivity index (χ3n) is 2.16. The first-order valence-electron chi connectivity index (χ1n) is 4.64. The average molecular weight is 245 g/mol. The molecule has 1 N–H and O–H groups in total. The van der Waals surface area contributed by atoms with Crippen LogP contribution in [0.4, 0.5) is 0 Å². The van der Waals surface area contributed by atoms with Gasteiger partial charge in [-0.25, -0.2) is 0 Å². The summed E-state index contributed by atoms with van der Waals surface area (Å²) >= 11 is 5.73. The lowest BCUT2D eigenvalue weighted by molar-refractivity contribution is -0.142. The van der Waals surface area contributed by atoms with Crippen LogP contribution in [0.25, 0.3) is 0 Å². The maximum absolute atomic E-state index is 11.1. The molecular weight excluding hydrogens is 232 g/mol. The topological polar surface area (TPSA) is 55.8 Å². The molecule has 1 rings (SSSR count). The van der Waals surface area contributed by atoms with E-state index >= 15 is 0 Å². The molecule has 0 radical (unpaired) electrons. The maximum Gasteiger partial charge on any atom is 0.326 e. The minimum atomic E-state index is -1.11. The summed E-state index contributed by atoms with van der Waals surface area (Å²) < 4.78 is 9.42. The van der Waals surface area contributed by atoms with E-state index in [9.17, 15) is 9.90 Å². The number of methoxy groups -OCH3 is 2. The van der Waals surface area contributed by atoms with Crippen molar-refractivity contribution in [1.82, 2.24) is 0 Å². The van der Waals surface area contributed by atoms with Crippen LogP contribution in [-0.2, 0) is 9.53 Å². The third-order valence-corrected chi connectivity index (χ3v) is 2.58. The summed E-state index contributed by atoms with van der Waals surface area (Å²) in [6.07, 6.45) is -1.10. The fourth-order valence-electron chi connectivity index (χ4n) is 1.21. The average Bonchev–Trinajstić information content (AvgIpc) is 2.36. The SMILES string of the molecule is COC(=O)C(Cl)[C@H](O)c1ccc(OC)cc1. The molecule has 5 heteroatoms. The van der Waals surface area contributed by atoms with Gasteiger partial charge < -0.3 is 14.6 Å². The van der Waals surface area contributed by atoms with Crippen LogP contribution in [0, 0.1) is 0 Å². The van der Waals surface area contributed by atoms with Crippen molar-refractivity contribution in [3.63, 3.8) is 0 Å². The minimum Gasteiger partial charge on any atom is -0.497 e. The van der Waals surface area contributed by atoms with Gasteiger partial charge in [0, 0.05) is 0 Å². The summed E-state index contributed by atoms with van der Waals surface area (Å²) in [7, 11) is 2.77. The van der Waals surface area contributed by atoms with E-state index in [0.717, 1.165) is 0 Å². The molecule has 2 atom stereocenters. The Kier molecular flexibility index (Phi) is 4.58. The number of halogens is 1. The molecule has 0 aromatic heterocycles. The molecule has 0 heterocycles. The Morgan fingerprint density at radius 3 is 2.31 bits per heavy atom. The molecule has 0 saturated carbocycles. The standard InChI is InChI=1S/C11H13ClO4/c1-15-8-5-3-7(4-6-8)10(13)9(12)11(14)16-2/h3-6,9-10,13H,1-2H3/t9?,10-/m1/s1. The molecule has 16 heavy (non-hydrogen) atoms. The molecule has 1 aromatic rings. The first kappa shape index (κ1) is 12.8. The van der Waals surface area contributed by atoms with Crippen LogP contribution < -0.4 is 4.74 Å². The van der Waals surface area contributed by atoms with Gasteiger partial charge in [0.05, 0.1) is 14.2 Å². The number of aliphatic hydroxyl groups is 1. The number of esters is 1. The molecule has 1 aromatic carbocycles. The first-order chi connectivity index (χ1) is 7.60. The van der Waals surface area contributed by atoms with Crippen LogP contribution in [0.2, 0.25) is 0 Å². The number of ether oxygens (including phenoxy) is 2. The predicted octanol–water partition coefficient (Wildman–Crippen LogP) is 1.51. The Morgan fingerprint density at radius 2 is 1.88 bits per heavy atom. The number of carbonyl (C=O) groups excluding carboxylic acids is 1. The van der Waals surface area contributed by atoms with Gasteiger partial charge in [-0.1, -0.05) is 12.1 Å². The zero-order chi connectivity index (χ0) is 12.1. The van der Waals surface area contributed by atoms with E-state index in [4.69, 9.17) is 16.3 Å². The number of rotatable bonds is 4. The molecule has 0 saturated heterocycles. The van der Waals surface area contributed by atoms with E-state index in [1.54, 1.807) is 31.4 Å². The third kappa shape index (κ3) is 2.87. The highest BCUT2D eigenvalue weighted by Crippen LogP contribution is 2.23. The van der Waals surface area contributed by atoms with Crippen molar-refractivity contribution in [1.29, 1.82) is 0 Å². The van der Waals surface area contributed by atoms with Crippen LogP contribution in [0.3, 0.4) is 0 Å². The van der Waals surface area contributed by atoms with E-state index in [0.29, 0.717) is 11.3 Å². The van der Waals surface area contributed by atoms with Gasteiger partial charge in [-0.05, 0) is 17.7 Å². The van der Waals surface area contributed by atoms with Crippen molar-refractivity contribution >= 4 is 17.6 Å². The first-order valence-corrected chi connectivity index (χ1v) is 5.07. The normalized spacial score (nSPS) is 14.0. The summed E-state index contributed by atoms with van der Waals surface area (Å²) in [5, 5.41) is 8.67. The van der Waals surface area contributed by atoms with Gasteiger partial charge in [0.15, 0.2) is 5.38 Å². The zero-order valence-corrected chi connectivity index (χ0v) is 9.77. The van der Waals surface area contributed by atoms with E-state index < -0.39 is 17.5 Å². The summed E-state index contributed by atoms with van der Waals surface area (Å²) in [5.41, 5.74) is 0.534. The second-order valence-electron chi connectivity index (χ2n) is 3.14. The van der Waals surface area contributed by atoms with Crippen LogP contribution >= 0.6 is 11.6 Å². The molecule has 0 aliphatic heterocycles. The number of benzene rings is 1. The Morgan fingerprint density at radius 1 is 1.31 bits per heavy atom. The van der Waals surface area contributed by atoms with Crippen molar-refractivity contribution < 1.29 is 19.4 Å². The molecule has 88 valence electrons. The van der Waals surface area contributed by atoms with Crippen LogP contribution in [0.1, 0.15) is 11.7 Å². The van der Waals surface area contributed by atoms with Crippen LogP contribution in [0.5, 0.6) is 5.75 Å². The molecular formula is C11H13ClO4. The van der Waals surface area contributed by atoms with Crippen molar-refractivity contribution in [3.8, 4) is 5.75 Å². The number of aliphatic hydroxyl groups excluding tert-OH is 1. The molecule has 0 fully saturated rings. The van der Waals surface area contributed by atoms with Gasteiger partial charge in [0.1, 0.15) is 11.9 Å². The van der Waals surface area contributed by atoms with Gasteiger partial charge in [0.2, 0.25) is 0 Å². The van der Waals surface area contributed by atoms with Gasteiger partial charge in [-0.3, -0.25) is 4.79 Å². The molecule has 0 aliphatic carbocycles. The van der Waals surface area contributed by atoms with E-state index in [1.165, 1.54) is 7.11 Å². The lowest BCUT2D eigenvalue weighted by atomic mass is 10.1. The highest BCUT2D eigenvalue weighted by atomic mass is 35.5. The number of carbonyl (C=O) groups is 1. The lowest BCUT2D eigenvalue weighted by Gasteiger charge is -2.15. The van der Waals surface area contributed by atoms with E-state index in [-0.39, 0.29) is 0 Å². The zero-order valence-electron chi connectivity index (χ0n) is 9.01. The molecule has 0 spiro atoms. The summed E-state index contributed by atoms with van der Waals surface area (Å²) in [6.45, 7) is 0. The molecule has 1 unspecified atom stereocenters. The smallest absolute Gasteiger partial charge is 0.326 e. The minimum absolute atomic E-state index is 0.534. The highest BCUT2D eigenvalue weighted by molar-refractivity contribution is 6.30. The van der Waals surface area contributed by atoms with Crippen molar-refractivity contribution in [2.24, 2.45) is 0 Å². The summed E-state index contributed by atoms with van der Waals surface area (Å²) in [5.74, 6) is 0.00475. The number of hydrogen-bond acceptors (Lipinski definition) is 4. The Bertz CT molecular complexity index is 350. The lowest BCUT2D eigenvalue weighted by Crippen LogP contribution is -2.23. The quantitative estimate of drug-likeness (QED) is 0.644. The Labute approximate surface area is 98.7 Å². The number of alkyl halides is 1. The maximum atomic E-state index is 11.1. The molecule has 0 aliphatic rings. The van der Waals surface area contributed by atoms with Gasteiger partial charge in [-0.2, -0.15) is 0 Å². The Balaban J connectivity index is 2.79.